The van der Waals surface area contributed by atoms with Crippen LogP contribution in [0.3, 0.4) is 0 Å². The minimum atomic E-state index is -0.684. The fourth-order valence-electron chi connectivity index (χ4n) is 3.02. The van der Waals surface area contributed by atoms with Gasteiger partial charge in [-0.3, -0.25) is 9.59 Å². The Kier molecular flexibility index (Phi) is 6.81. The summed E-state index contributed by atoms with van der Waals surface area (Å²) < 4.78 is 10.1. The molecular weight excluding hydrogens is 398 g/mol. The van der Waals surface area contributed by atoms with Crippen molar-refractivity contribution in [2.24, 2.45) is 0 Å². The number of nitrogens with one attached hydrogen (secondary N) is 2. The van der Waals surface area contributed by atoms with Gasteiger partial charge in [0.2, 0.25) is 0 Å². The predicted molar refractivity (Wildman–Crippen MR) is 115 cm³/mol. The third-order valence-electron chi connectivity index (χ3n) is 4.53. The number of benzene rings is 2. The number of aromatic nitrogens is 1. The van der Waals surface area contributed by atoms with Crippen LogP contribution in [0.2, 0.25) is 0 Å². The van der Waals surface area contributed by atoms with Gasteiger partial charge in [-0.25, -0.2) is 4.79 Å². The third-order valence-corrected chi connectivity index (χ3v) is 4.53. The molecule has 1 aromatic heterocycles. The molecule has 0 aliphatic carbocycles. The van der Waals surface area contributed by atoms with E-state index in [2.05, 4.69) is 15.8 Å². The van der Waals surface area contributed by atoms with Crippen molar-refractivity contribution in [2.45, 2.75) is 27.2 Å². The Hall–Kier alpha value is -3.94. The van der Waals surface area contributed by atoms with E-state index in [9.17, 15) is 14.4 Å². The van der Waals surface area contributed by atoms with Crippen molar-refractivity contribution in [1.82, 2.24) is 5.16 Å². The Balaban J connectivity index is 1.65. The van der Waals surface area contributed by atoms with E-state index in [1.807, 2.05) is 32.0 Å². The Morgan fingerprint density at radius 3 is 2.55 bits per heavy atom. The first kappa shape index (κ1) is 21.8. The molecule has 0 bridgehead atoms. The molecule has 0 fully saturated rings. The number of carbonyl (C=O) groups excluding carboxylic acids is 3. The normalized spacial score (nSPS) is 10.4. The zero-order chi connectivity index (χ0) is 22.4. The van der Waals surface area contributed by atoms with Gasteiger partial charge in [0.1, 0.15) is 11.3 Å². The summed E-state index contributed by atoms with van der Waals surface area (Å²) in [4.78, 5) is 37.3. The molecule has 8 nitrogen and oxygen atoms in total. The zero-order valence-electron chi connectivity index (χ0n) is 17.5. The molecule has 0 aliphatic rings. The average molecular weight is 421 g/mol. The number of hydrogen-bond acceptors (Lipinski definition) is 6. The predicted octanol–water partition coefficient (Wildman–Crippen LogP) is 3.90. The maximum absolute atomic E-state index is 12.7. The first-order valence-electron chi connectivity index (χ1n) is 9.78. The van der Waals surface area contributed by atoms with E-state index in [0.29, 0.717) is 29.2 Å². The molecular formula is C23H23N3O5. The second-order valence-corrected chi connectivity index (χ2v) is 6.91. The number of aryl methyl sites for hydroxylation is 3. The molecule has 0 atom stereocenters. The number of hydrogen-bond donors (Lipinski definition) is 2. The number of rotatable bonds is 7. The van der Waals surface area contributed by atoms with Crippen molar-refractivity contribution in [2.75, 3.05) is 17.2 Å². The lowest BCUT2D eigenvalue weighted by atomic mass is 10.1. The van der Waals surface area contributed by atoms with Crippen LogP contribution < -0.4 is 10.6 Å². The van der Waals surface area contributed by atoms with Crippen LogP contribution in [-0.4, -0.2) is 29.5 Å². The van der Waals surface area contributed by atoms with Crippen LogP contribution in [0.15, 0.2) is 53.1 Å². The summed E-state index contributed by atoms with van der Waals surface area (Å²) >= 11 is 0. The van der Waals surface area contributed by atoms with E-state index in [1.54, 1.807) is 37.3 Å². The van der Waals surface area contributed by atoms with Crippen molar-refractivity contribution in [3.05, 3.63) is 76.7 Å². The molecule has 3 rings (SSSR count). The third kappa shape index (κ3) is 5.36. The summed E-state index contributed by atoms with van der Waals surface area (Å²) in [5.41, 5.74) is 2.96. The molecule has 2 aromatic carbocycles. The first-order chi connectivity index (χ1) is 14.9. The summed E-state index contributed by atoms with van der Waals surface area (Å²) in [5, 5.41) is 9.22. The van der Waals surface area contributed by atoms with Crippen molar-refractivity contribution in [3.63, 3.8) is 0 Å². The Labute approximate surface area is 179 Å². The molecule has 8 heteroatoms. The summed E-state index contributed by atoms with van der Waals surface area (Å²) in [7, 11) is 0. The second-order valence-electron chi connectivity index (χ2n) is 6.91. The fraction of sp³-hybridized carbons (Fsp3) is 0.217. The molecule has 0 aliphatic heterocycles. The van der Waals surface area contributed by atoms with Gasteiger partial charge in [-0.15, -0.1) is 0 Å². The van der Waals surface area contributed by atoms with E-state index in [-0.39, 0.29) is 17.0 Å². The minimum Gasteiger partial charge on any atom is -0.452 e. The monoisotopic (exact) mass is 421 g/mol. The van der Waals surface area contributed by atoms with Crippen LogP contribution in [-0.2, 0) is 16.0 Å². The van der Waals surface area contributed by atoms with Crippen LogP contribution in [0.4, 0.5) is 11.4 Å². The Bertz CT molecular complexity index is 1120. The van der Waals surface area contributed by atoms with Crippen LogP contribution in [0, 0.1) is 13.8 Å². The molecule has 0 unspecified atom stereocenters. The number of amides is 2. The maximum atomic E-state index is 12.7. The largest absolute Gasteiger partial charge is 0.452 e. The highest BCUT2D eigenvalue weighted by Gasteiger charge is 2.22. The highest BCUT2D eigenvalue weighted by molar-refractivity contribution is 6.10. The lowest BCUT2D eigenvalue weighted by molar-refractivity contribution is -0.119. The molecule has 1 heterocycles. The molecule has 2 amide bonds. The van der Waals surface area contributed by atoms with E-state index in [0.717, 1.165) is 5.56 Å². The Morgan fingerprint density at radius 1 is 1.03 bits per heavy atom. The first-order valence-corrected chi connectivity index (χ1v) is 9.78. The van der Waals surface area contributed by atoms with Crippen molar-refractivity contribution < 1.29 is 23.6 Å². The van der Waals surface area contributed by atoms with E-state index in [1.165, 1.54) is 0 Å². The standard InChI is InChI=1S/C23H23N3O5/c1-4-18-21(15(3)31-26-18)23(29)30-13-20(27)25-19-11-6-5-10-17(19)22(28)24-16-9-7-8-14(2)12-16/h5-12H,4,13H2,1-3H3,(H,24,28)(H,25,27). The number of ether oxygens (including phenoxy) is 1. The van der Waals surface area contributed by atoms with Gasteiger partial charge in [0.15, 0.2) is 6.61 Å². The van der Waals surface area contributed by atoms with Gasteiger partial charge in [0.05, 0.1) is 16.9 Å². The fourth-order valence-corrected chi connectivity index (χ4v) is 3.02. The van der Waals surface area contributed by atoms with Crippen LogP contribution in [0.1, 0.15) is 44.7 Å². The molecule has 0 radical (unpaired) electrons. The SMILES string of the molecule is CCc1noc(C)c1C(=O)OCC(=O)Nc1ccccc1C(=O)Nc1cccc(C)c1. The second kappa shape index (κ2) is 9.71. The number of nitrogens with zero attached hydrogens (tertiary/aromatic N) is 1. The lowest BCUT2D eigenvalue weighted by Crippen LogP contribution is -2.23. The summed E-state index contributed by atoms with van der Waals surface area (Å²) in [5.74, 6) is -1.29. The van der Waals surface area contributed by atoms with E-state index in [4.69, 9.17) is 9.26 Å². The van der Waals surface area contributed by atoms with Crippen molar-refractivity contribution in [1.29, 1.82) is 0 Å². The number of carbonyl (C=O) groups is 3. The highest BCUT2D eigenvalue weighted by atomic mass is 16.5. The van der Waals surface area contributed by atoms with Gasteiger partial charge in [0.25, 0.3) is 11.8 Å². The molecule has 0 spiro atoms. The molecule has 2 N–H and O–H groups in total. The molecule has 3 aromatic rings. The molecule has 31 heavy (non-hydrogen) atoms. The van der Waals surface area contributed by atoms with Crippen molar-refractivity contribution in [3.8, 4) is 0 Å². The molecule has 160 valence electrons. The van der Waals surface area contributed by atoms with Gasteiger partial charge >= 0.3 is 5.97 Å². The molecule has 0 saturated carbocycles. The van der Waals surface area contributed by atoms with Gasteiger partial charge in [-0.2, -0.15) is 0 Å². The van der Waals surface area contributed by atoms with Gasteiger partial charge in [-0.1, -0.05) is 36.3 Å². The smallest absolute Gasteiger partial charge is 0.344 e. The highest BCUT2D eigenvalue weighted by Crippen LogP contribution is 2.19. The van der Waals surface area contributed by atoms with Crippen molar-refractivity contribution >= 4 is 29.2 Å². The summed E-state index contributed by atoms with van der Waals surface area (Å²) in [6.45, 7) is 4.85. The topological polar surface area (TPSA) is 111 Å². The number of esters is 1. The molecule has 0 saturated heterocycles. The van der Waals surface area contributed by atoms with Gasteiger partial charge < -0.3 is 19.9 Å². The summed E-state index contributed by atoms with van der Waals surface area (Å²) in [6.07, 6.45) is 0.497. The van der Waals surface area contributed by atoms with Crippen LogP contribution in [0.25, 0.3) is 0 Å². The quantitative estimate of drug-likeness (QED) is 0.560. The number of para-hydroxylation sites is 1. The van der Waals surface area contributed by atoms with Crippen LogP contribution >= 0.6 is 0 Å². The van der Waals surface area contributed by atoms with Crippen LogP contribution in [0.5, 0.6) is 0 Å². The van der Waals surface area contributed by atoms with Gasteiger partial charge in [0, 0.05) is 5.69 Å². The lowest BCUT2D eigenvalue weighted by Gasteiger charge is -2.12. The minimum absolute atomic E-state index is 0.230. The average Bonchev–Trinajstić information content (AvgIpc) is 3.13. The van der Waals surface area contributed by atoms with E-state index >= 15 is 0 Å². The zero-order valence-corrected chi connectivity index (χ0v) is 17.5. The van der Waals surface area contributed by atoms with Gasteiger partial charge in [-0.05, 0) is 50.1 Å². The maximum Gasteiger partial charge on any atom is 0.344 e. The summed E-state index contributed by atoms with van der Waals surface area (Å²) in [6, 6.07) is 14.0. The van der Waals surface area contributed by atoms with E-state index < -0.39 is 18.5 Å². The number of anilines is 2. The Morgan fingerprint density at radius 2 is 1.81 bits per heavy atom.